The second-order valence-corrected chi connectivity index (χ2v) is 6.39. The minimum Gasteiger partial charge on any atom is -0.480 e. The number of carbonyl (C=O) groups is 3. The van der Waals surface area contributed by atoms with Crippen molar-refractivity contribution in [3.63, 3.8) is 0 Å². The first kappa shape index (κ1) is 20.0. The molecule has 0 aromatic heterocycles. The molecule has 0 saturated heterocycles. The van der Waals surface area contributed by atoms with Crippen molar-refractivity contribution < 1.29 is 19.5 Å². The largest absolute Gasteiger partial charge is 0.480 e. The van der Waals surface area contributed by atoms with E-state index < -0.39 is 12.0 Å². The van der Waals surface area contributed by atoms with Crippen LogP contribution in [0.1, 0.15) is 43.5 Å². The maximum atomic E-state index is 11.9. The van der Waals surface area contributed by atoms with E-state index in [0.717, 1.165) is 0 Å². The summed E-state index contributed by atoms with van der Waals surface area (Å²) in [6, 6.07) is 5.62. The first-order valence-electron chi connectivity index (χ1n) is 7.85. The standard InChI is InChI=1S/C17H23ClN2O4/c1-11(2)10-14(17(23)24)20-15(21)4-3-9-19-16(22)12-5-7-13(18)8-6-12/h5-8,11,14H,3-4,9-10H2,1-2H3,(H,19,22)(H,20,21)(H,23,24)/t14-/m0/s1. The van der Waals surface area contributed by atoms with Crippen LogP contribution in [-0.2, 0) is 9.59 Å². The van der Waals surface area contributed by atoms with E-state index in [1.807, 2.05) is 13.8 Å². The van der Waals surface area contributed by atoms with Gasteiger partial charge in [-0.25, -0.2) is 4.79 Å². The van der Waals surface area contributed by atoms with Crippen molar-refractivity contribution in [2.45, 2.75) is 39.2 Å². The minimum absolute atomic E-state index is 0.156. The third-order valence-corrected chi connectivity index (χ3v) is 3.56. The zero-order valence-electron chi connectivity index (χ0n) is 13.8. The zero-order valence-corrected chi connectivity index (χ0v) is 14.6. The molecular weight excluding hydrogens is 332 g/mol. The van der Waals surface area contributed by atoms with Crippen LogP contribution in [0, 0.1) is 5.92 Å². The van der Waals surface area contributed by atoms with Crippen molar-refractivity contribution in [1.82, 2.24) is 10.6 Å². The van der Waals surface area contributed by atoms with Crippen molar-refractivity contribution >= 4 is 29.4 Å². The first-order chi connectivity index (χ1) is 11.3. The van der Waals surface area contributed by atoms with Gasteiger partial charge in [-0.15, -0.1) is 0 Å². The van der Waals surface area contributed by atoms with Gasteiger partial charge in [-0.05, 0) is 43.0 Å². The molecule has 6 nitrogen and oxygen atoms in total. The summed E-state index contributed by atoms with van der Waals surface area (Å²) in [7, 11) is 0. The van der Waals surface area contributed by atoms with Gasteiger partial charge in [0.15, 0.2) is 0 Å². The van der Waals surface area contributed by atoms with Gasteiger partial charge in [0.2, 0.25) is 5.91 Å². The maximum absolute atomic E-state index is 11.9. The number of aliphatic carboxylic acids is 1. The van der Waals surface area contributed by atoms with Crippen LogP contribution in [0.25, 0.3) is 0 Å². The van der Waals surface area contributed by atoms with Crippen molar-refractivity contribution in [1.29, 1.82) is 0 Å². The molecule has 1 aromatic rings. The van der Waals surface area contributed by atoms with Gasteiger partial charge in [0.25, 0.3) is 5.91 Å². The monoisotopic (exact) mass is 354 g/mol. The highest BCUT2D eigenvalue weighted by atomic mass is 35.5. The van der Waals surface area contributed by atoms with E-state index in [4.69, 9.17) is 16.7 Å². The van der Waals surface area contributed by atoms with Crippen molar-refractivity contribution in [3.05, 3.63) is 34.9 Å². The molecule has 132 valence electrons. The van der Waals surface area contributed by atoms with Gasteiger partial charge in [0.1, 0.15) is 6.04 Å². The average Bonchev–Trinajstić information content (AvgIpc) is 2.50. The molecule has 0 bridgehead atoms. The average molecular weight is 355 g/mol. The second-order valence-electron chi connectivity index (χ2n) is 5.95. The Morgan fingerprint density at radius 2 is 1.79 bits per heavy atom. The van der Waals surface area contributed by atoms with E-state index in [0.29, 0.717) is 30.0 Å². The fourth-order valence-corrected chi connectivity index (χ4v) is 2.24. The Morgan fingerprint density at radius 3 is 2.33 bits per heavy atom. The number of halogens is 1. The number of hydrogen-bond acceptors (Lipinski definition) is 3. The van der Waals surface area contributed by atoms with Gasteiger partial charge in [-0.2, -0.15) is 0 Å². The first-order valence-corrected chi connectivity index (χ1v) is 8.23. The van der Waals surface area contributed by atoms with Crippen LogP contribution in [0.3, 0.4) is 0 Å². The van der Waals surface area contributed by atoms with E-state index in [1.165, 1.54) is 0 Å². The molecular formula is C17H23ClN2O4. The van der Waals surface area contributed by atoms with Crippen molar-refractivity contribution in [2.75, 3.05) is 6.54 Å². The lowest BCUT2D eigenvalue weighted by Gasteiger charge is -2.16. The lowest BCUT2D eigenvalue weighted by Crippen LogP contribution is -2.41. The fourth-order valence-electron chi connectivity index (χ4n) is 2.11. The zero-order chi connectivity index (χ0) is 18.1. The summed E-state index contributed by atoms with van der Waals surface area (Å²) in [5, 5.41) is 14.8. The van der Waals surface area contributed by atoms with Gasteiger partial charge < -0.3 is 15.7 Å². The summed E-state index contributed by atoms with van der Waals surface area (Å²) in [5.41, 5.74) is 0.492. The molecule has 0 saturated carbocycles. The van der Waals surface area contributed by atoms with Gasteiger partial charge >= 0.3 is 5.97 Å². The molecule has 7 heteroatoms. The number of carbonyl (C=O) groups excluding carboxylic acids is 2. The summed E-state index contributed by atoms with van der Waals surface area (Å²) >= 11 is 5.76. The highest BCUT2D eigenvalue weighted by Gasteiger charge is 2.20. The van der Waals surface area contributed by atoms with E-state index in [-0.39, 0.29) is 24.2 Å². The summed E-state index contributed by atoms with van der Waals surface area (Å²) in [6.45, 7) is 4.12. The number of nitrogens with one attached hydrogen (secondary N) is 2. The van der Waals surface area contributed by atoms with Gasteiger partial charge in [-0.3, -0.25) is 9.59 Å². The summed E-state index contributed by atoms with van der Waals surface area (Å²) < 4.78 is 0. The molecule has 2 amide bonds. The predicted molar refractivity (Wildman–Crippen MR) is 92.0 cm³/mol. The number of hydrogen-bond donors (Lipinski definition) is 3. The molecule has 1 rings (SSSR count). The van der Waals surface area contributed by atoms with E-state index >= 15 is 0 Å². The quantitative estimate of drug-likeness (QED) is 0.593. The Labute approximate surface area is 146 Å². The minimum atomic E-state index is -1.03. The second kappa shape index (κ2) is 9.93. The number of carboxylic acid groups (broad SMARTS) is 1. The fraction of sp³-hybridized carbons (Fsp3) is 0.471. The topological polar surface area (TPSA) is 95.5 Å². The molecule has 0 spiro atoms. The van der Waals surface area contributed by atoms with Crippen LogP contribution < -0.4 is 10.6 Å². The molecule has 0 aliphatic heterocycles. The van der Waals surface area contributed by atoms with Crippen LogP contribution in [0.4, 0.5) is 0 Å². The molecule has 1 atom stereocenters. The SMILES string of the molecule is CC(C)C[C@H](NC(=O)CCCNC(=O)c1ccc(Cl)cc1)C(=O)O. The Hall–Kier alpha value is -2.08. The number of benzene rings is 1. The van der Waals surface area contributed by atoms with E-state index in [9.17, 15) is 14.4 Å². The normalized spacial score (nSPS) is 11.8. The molecule has 0 heterocycles. The summed E-state index contributed by atoms with van der Waals surface area (Å²) in [6.07, 6.45) is 0.969. The third-order valence-electron chi connectivity index (χ3n) is 3.31. The van der Waals surface area contributed by atoms with Crippen molar-refractivity contribution in [2.24, 2.45) is 5.92 Å². The Balaban J connectivity index is 2.31. The van der Waals surface area contributed by atoms with E-state index in [2.05, 4.69) is 10.6 Å². The smallest absolute Gasteiger partial charge is 0.326 e. The maximum Gasteiger partial charge on any atom is 0.326 e. The van der Waals surface area contributed by atoms with Crippen LogP contribution in [0.5, 0.6) is 0 Å². The van der Waals surface area contributed by atoms with Gasteiger partial charge in [0.05, 0.1) is 0 Å². The van der Waals surface area contributed by atoms with E-state index in [1.54, 1.807) is 24.3 Å². The number of amides is 2. The van der Waals surface area contributed by atoms with Crippen LogP contribution in [0.2, 0.25) is 5.02 Å². The third kappa shape index (κ3) is 7.46. The lowest BCUT2D eigenvalue weighted by molar-refractivity contribution is -0.142. The molecule has 0 aliphatic rings. The highest BCUT2D eigenvalue weighted by molar-refractivity contribution is 6.30. The van der Waals surface area contributed by atoms with Crippen molar-refractivity contribution in [3.8, 4) is 0 Å². The molecule has 3 N–H and O–H groups in total. The number of rotatable bonds is 9. The molecule has 0 radical (unpaired) electrons. The van der Waals surface area contributed by atoms with Crippen LogP contribution >= 0.6 is 11.6 Å². The van der Waals surface area contributed by atoms with Crippen LogP contribution in [0.15, 0.2) is 24.3 Å². The summed E-state index contributed by atoms with van der Waals surface area (Å²) in [4.78, 5) is 34.7. The molecule has 24 heavy (non-hydrogen) atoms. The van der Waals surface area contributed by atoms with Gasteiger partial charge in [-0.1, -0.05) is 25.4 Å². The Bertz CT molecular complexity index is 572. The highest BCUT2D eigenvalue weighted by Crippen LogP contribution is 2.09. The molecule has 1 aromatic carbocycles. The number of carboxylic acids is 1. The molecule has 0 unspecified atom stereocenters. The Kier molecular flexibility index (Phi) is 8.26. The Morgan fingerprint density at radius 1 is 1.17 bits per heavy atom. The predicted octanol–water partition coefficient (Wildman–Crippen LogP) is 2.47. The molecule has 0 fully saturated rings. The summed E-state index contributed by atoms with van der Waals surface area (Å²) in [5.74, 6) is -1.43. The lowest BCUT2D eigenvalue weighted by atomic mass is 10.0. The van der Waals surface area contributed by atoms with Crippen LogP contribution in [-0.4, -0.2) is 35.5 Å². The molecule has 0 aliphatic carbocycles. The van der Waals surface area contributed by atoms with Gasteiger partial charge in [0, 0.05) is 23.6 Å².